The third-order valence-corrected chi connectivity index (χ3v) is 7.57. The van der Waals surface area contributed by atoms with Crippen LogP contribution in [0, 0.1) is 6.92 Å². The third kappa shape index (κ3) is 2.90. The highest BCUT2D eigenvalue weighted by atomic mass is 14.9. The molecule has 2 heteroatoms. The van der Waals surface area contributed by atoms with E-state index in [0.717, 1.165) is 0 Å². The Labute approximate surface area is 204 Å². The Morgan fingerprint density at radius 1 is 0.457 bits per heavy atom. The maximum atomic E-state index is 2.36. The molecule has 0 atom stereocenters. The fraction of sp³-hybridized carbons (Fsp3) is 0.0909. The zero-order chi connectivity index (χ0) is 23.7. The van der Waals surface area contributed by atoms with Crippen molar-refractivity contribution >= 4 is 43.6 Å². The molecule has 0 radical (unpaired) electrons. The monoisotopic (exact) mass is 450 g/mol. The minimum absolute atomic E-state index is 1.25. The summed E-state index contributed by atoms with van der Waals surface area (Å²) in [4.78, 5) is 0. The molecule has 168 valence electrons. The molecule has 2 aromatic heterocycles. The molecule has 0 unspecified atom stereocenters. The highest BCUT2D eigenvalue weighted by molar-refractivity contribution is 6.15. The van der Waals surface area contributed by atoms with Crippen LogP contribution in [0.25, 0.3) is 65.9 Å². The van der Waals surface area contributed by atoms with Crippen molar-refractivity contribution in [3.05, 3.63) is 109 Å². The van der Waals surface area contributed by atoms with E-state index in [1.807, 2.05) is 0 Å². The van der Waals surface area contributed by atoms with Gasteiger partial charge in [0.2, 0.25) is 0 Å². The predicted octanol–water partition coefficient (Wildman–Crippen LogP) is 8.62. The SMILES string of the molecule is Cc1cc(-c2ccc3c(c2)c2ccccc2n3C)cc(-c2cccc3c2c2ccccc2n3C)c1. The number of aryl methyl sites for hydroxylation is 3. The molecule has 5 aromatic carbocycles. The molecule has 0 spiro atoms. The Morgan fingerprint density at radius 2 is 1.09 bits per heavy atom. The summed E-state index contributed by atoms with van der Waals surface area (Å²) in [6.45, 7) is 2.20. The highest BCUT2D eigenvalue weighted by Gasteiger charge is 2.14. The molecule has 7 rings (SSSR count). The van der Waals surface area contributed by atoms with E-state index in [0.29, 0.717) is 0 Å². The van der Waals surface area contributed by atoms with Crippen LogP contribution in [0.15, 0.2) is 103 Å². The van der Waals surface area contributed by atoms with Gasteiger partial charge in [-0.05, 0) is 71.1 Å². The number of nitrogens with zero attached hydrogens (tertiary/aromatic N) is 2. The molecule has 0 aliphatic carbocycles. The topological polar surface area (TPSA) is 9.86 Å². The van der Waals surface area contributed by atoms with Crippen molar-refractivity contribution in [2.75, 3.05) is 0 Å². The Bertz CT molecular complexity index is 1930. The molecule has 0 aliphatic heterocycles. The zero-order valence-electron chi connectivity index (χ0n) is 20.2. The van der Waals surface area contributed by atoms with Crippen molar-refractivity contribution in [1.29, 1.82) is 0 Å². The summed E-state index contributed by atoms with van der Waals surface area (Å²) in [6, 6.07) is 37.9. The van der Waals surface area contributed by atoms with E-state index in [9.17, 15) is 0 Å². The molecule has 35 heavy (non-hydrogen) atoms. The van der Waals surface area contributed by atoms with Gasteiger partial charge >= 0.3 is 0 Å². The second-order valence-corrected chi connectivity index (χ2v) is 9.67. The first-order valence-corrected chi connectivity index (χ1v) is 12.2. The van der Waals surface area contributed by atoms with Crippen LogP contribution in [0.1, 0.15) is 5.56 Å². The van der Waals surface area contributed by atoms with Gasteiger partial charge in [0, 0.05) is 57.7 Å². The van der Waals surface area contributed by atoms with Gasteiger partial charge in [0.05, 0.1) is 0 Å². The molecule has 0 fully saturated rings. The molecule has 0 bridgehead atoms. The summed E-state index contributed by atoms with van der Waals surface area (Å²) in [5, 5.41) is 5.24. The number of rotatable bonds is 2. The van der Waals surface area contributed by atoms with Crippen molar-refractivity contribution < 1.29 is 0 Å². The van der Waals surface area contributed by atoms with Crippen molar-refractivity contribution in [2.24, 2.45) is 14.1 Å². The predicted molar refractivity (Wildman–Crippen MR) is 150 cm³/mol. The van der Waals surface area contributed by atoms with Crippen LogP contribution < -0.4 is 0 Å². The Kier molecular flexibility index (Phi) is 4.22. The summed E-state index contributed by atoms with van der Waals surface area (Å²) in [7, 11) is 4.31. The molecule has 2 nitrogen and oxygen atoms in total. The zero-order valence-corrected chi connectivity index (χ0v) is 20.2. The molecule has 0 saturated heterocycles. The van der Waals surface area contributed by atoms with Gasteiger partial charge in [0.1, 0.15) is 0 Å². The standard InChI is InChI=1S/C33H26N2/c1-21-17-23(22-15-16-31-28(20-22)26-9-4-6-12-29(26)34(31)2)19-24(18-21)25-11-8-14-32-33(25)27-10-5-7-13-30(27)35(32)3/h4-20H,1-3H3. The van der Waals surface area contributed by atoms with Crippen molar-refractivity contribution in [1.82, 2.24) is 9.13 Å². The van der Waals surface area contributed by atoms with Crippen LogP contribution in [0.4, 0.5) is 0 Å². The van der Waals surface area contributed by atoms with Gasteiger partial charge in [-0.3, -0.25) is 0 Å². The molecule has 0 amide bonds. The Morgan fingerprint density at radius 3 is 1.91 bits per heavy atom. The van der Waals surface area contributed by atoms with Gasteiger partial charge in [-0.1, -0.05) is 66.7 Å². The van der Waals surface area contributed by atoms with E-state index in [-0.39, 0.29) is 0 Å². The normalized spacial score (nSPS) is 11.9. The fourth-order valence-corrected chi connectivity index (χ4v) is 5.90. The van der Waals surface area contributed by atoms with E-state index < -0.39 is 0 Å². The van der Waals surface area contributed by atoms with Crippen LogP contribution in [0.2, 0.25) is 0 Å². The lowest BCUT2D eigenvalue weighted by Crippen LogP contribution is -1.88. The second-order valence-electron chi connectivity index (χ2n) is 9.67. The minimum atomic E-state index is 1.25. The number of aromatic nitrogens is 2. The summed E-state index contributed by atoms with van der Waals surface area (Å²) in [5.74, 6) is 0. The van der Waals surface area contributed by atoms with Gasteiger partial charge in [0.25, 0.3) is 0 Å². The van der Waals surface area contributed by atoms with Gasteiger partial charge < -0.3 is 9.13 Å². The van der Waals surface area contributed by atoms with Crippen LogP contribution in [-0.2, 0) is 14.1 Å². The van der Waals surface area contributed by atoms with Crippen molar-refractivity contribution in [3.8, 4) is 22.3 Å². The van der Waals surface area contributed by atoms with Crippen LogP contribution in [-0.4, -0.2) is 9.13 Å². The van der Waals surface area contributed by atoms with E-state index in [2.05, 4.69) is 133 Å². The second kappa shape index (κ2) is 7.35. The van der Waals surface area contributed by atoms with Crippen LogP contribution in [0.5, 0.6) is 0 Å². The van der Waals surface area contributed by atoms with E-state index in [1.54, 1.807) is 0 Å². The van der Waals surface area contributed by atoms with E-state index in [4.69, 9.17) is 0 Å². The first-order valence-electron chi connectivity index (χ1n) is 12.2. The summed E-state index contributed by atoms with van der Waals surface area (Å²) in [6.07, 6.45) is 0. The van der Waals surface area contributed by atoms with Crippen molar-refractivity contribution in [3.63, 3.8) is 0 Å². The first-order chi connectivity index (χ1) is 17.1. The lowest BCUT2D eigenvalue weighted by Gasteiger charge is -2.11. The summed E-state index contributed by atoms with van der Waals surface area (Å²) < 4.78 is 4.59. The molecule has 0 N–H and O–H groups in total. The average Bonchev–Trinajstić information content (AvgIpc) is 3.35. The lowest BCUT2D eigenvalue weighted by molar-refractivity contribution is 1.01. The van der Waals surface area contributed by atoms with Gasteiger partial charge in [-0.15, -0.1) is 0 Å². The molecular weight excluding hydrogens is 424 g/mol. The Balaban J connectivity index is 1.47. The van der Waals surface area contributed by atoms with Crippen molar-refractivity contribution in [2.45, 2.75) is 6.92 Å². The third-order valence-electron chi connectivity index (χ3n) is 7.57. The number of hydrogen-bond acceptors (Lipinski definition) is 0. The van der Waals surface area contributed by atoms with Gasteiger partial charge in [-0.2, -0.15) is 0 Å². The molecule has 0 aliphatic rings. The molecular formula is C33H26N2. The van der Waals surface area contributed by atoms with Gasteiger partial charge in [0.15, 0.2) is 0 Å². The number of fused-ring (bicyclic) bond motifs is 6. The fourth-order valence-electron chi connectivity index (χ4n) is 5.90. The number of hydrogen-bond donors (Lipinski definition) is 0. The average molecular weight is 451 g/mol. The highest BCUT2D eigenvalue weighted by Crippen LogP contribution is 2.39. The summed E-state index contributed by atoms with van der Waals surface area (Å²) in [5.41, 5.74) is 11.4. The Hall–Kier alpha value is -4.30. The first kappa shape index (κ1) is 20.1. The molecule has 2 heterocycles. The van der Waals surface area contributed by atoms with Crippen LogP contribution >= 0.6 is 0 Å². The van der Waals surface area contributed by atoms with Crippen LogP contribution in [0.3, 0.4) is 0 Å². The lowest BCUT2D eigenvalue weighted by atomic mass is 9.93. The van der Waals surface area contributed by atoms with Gasteiger partial charge in [-0.25, -0.2) is 0 Å². The largest absolute Gasteiger partial charge is 0.344 e. The van der Waals surface area contributed by atoms with E-state index >= 15 is 0 Å². The molecule has 7 aromatic rings. The minimum Gasteiger partial charge on any atom is -0.344 e. The van der Waals surface area contributed by atoms with E-state index in [1.165, 1.54) is 71.4 Å². The smallest absolute Gasteiger partial charge is 0.0495 e. The number of benzene rings is 5. The summed E-state index contributed by atoms with van der Waals surface area (Å²) >= 11 is 0. The number of para-hydroxylation sites is 2. The molecule has 0 saturated carbocycles. The maximum Gasteiger partial charge on any atom is 0.0495 e. The quantitative estimate of drug-likeness (QED) is 0.249. The maximum absolute atomic E-state index is 2.36.